The van der Waals surface area contributed by atoms with E-state index < -0.39 is 11.9 Å². The first-order chi connectivity index (χ1) is 16.9. The van der Waals surface area contributed by atoms with E-state index in [2.05, 4.69) is 5.10 Å². The Morgan fingerprint density at radius 3 is 2.17 bits per heavy atom. The molecule has 0 aromatic heterocycles. The lowest BCUT2D eigenvalue weighted by molar-refractivity contribution is -0.133. The second kappa shape index (κ2) is 10.4. The summed E-state index contributed by atoms with van der Waals surface area (Å²) in [6.07, 6.45) is 0.342. The first-order valence-electron chi connectivity index (χ1n) is 11.1. The van der Waals surface area contributed by atoms with Gasteiger partial charge in [0.1, 0.15) is 23.9 Å². The van der Waals surface area contributed by atoms with Crippen LogP contribution >= 0.6 is 0 Å². The Bertz CT molecular complexity index is 1240. The number of hydrogen-bond acceptors (Lipinski definition) is 5. The molecular formula is C27H26FN3O4. The van der Waals surface area contributed by atoms with Crippen molar-refractivity contribution in [1.29, 1.82) is 0 Å². The zero-order chi connectivity index (χ0) is 24.9. The first kappa shape index (κ1) is 23.9. The van der Waals surface area contributed by atoms with Gasteiger partial charge in [-0.25, -0.2) is 9.40 Å². The average Bonchev–Trinajstić information content (AvgIpc) is 3.34. The van der Waals surface area contributed by atoms with Gasteiger partial charge < -0.3 is 14.4 Å². The number of halogens is 1. The Morgan fingerprint density at radius 1 is 0.971 bits per heavy atom. The number of rotatable bonds is 7. The number of hydrogen-bond donors (Lipinski definition) is 0. The highest BCUT2D eigenvalue weighted by Crippen LogP contribution is 2.34. The second-order valence-electron chi connectivity index (χ2n) is 8.15. The summed E-state index contributed by atoms with van der Waals surface area (Å²) in [7, 11) is 4.69. The van der Waals surface area contributed by atoms with E-state index in [9.17, 15) is 14.0 Å². The molecule has 7 nitrogen and oxygen atoms in total. The van der Waals surface area contributed by atoms with E-state index in [-0.39, 0.29) is 18.4 Å². The summed E-state index contributed by atoms with van der Waals surface area (Å²) in [6.45, 7) is -0.189. The minimum Gasteiger partial charge on any atom is -0.497 e. The number of carbonyl (C=O) groups is 2. The molecule has 0 saturated heterocycles. The van der Waals surface area contributed by atoms with Gasteiger partial charge in [0, 0.05) is 24.6 Å². The van der Waals surface area contributed by atoms with Gasteiger partial charge >= 0.3 is 0 Å². The zero-order valence-electron chi connectivity index (χ0n) is 19.8. The monoisotopic (exact) mass is 475 g/mol. The number of methoxy groups -OCH3 is 2. The molecule has 1 aliphatic rings. The van der Waals surface area contributed by atoms with Crippen LogP contribution in [0.1, 0.15) is 33.9 Å². The van der Waals surface area contributed by atoms with Crippen LogP contribution in [0.4, 0.5) is 4.39 Å². The van der Waals surface area contributed by atoms with Gasteiger partial charge in [0.2, 0.25) is 0 Å². The van der Waals surface area contributed by atoms with Crippen molar-refractivity contribution < 1.29 is 23.5 Å². The van der Waals surface area contributed by atoms with Crippen LogP contribution in [-0.4, -0.2) is 55.2 Å². The molecule has 0 spiro atoms. The molecule has 2 amide bonds. The maximum atomic E-state index is 14.5. The van der Waals surface area contributed by atoms with Crippen LogP contribution in [0, 0.1) is 5.82 Å². The lowest BCUT2D eigenvalue weighted by Gasteiger charge is -2.25. The summed E-state index contributed by atoms with van der Waals surface area (Å²) >= 11 is 0. The molecule has 0 radical (unpaired) electrons. The molecular weight excluding hydrogens is 449 g/mol. The summed E-state index contributed by atoms with van der Waals surface area (Å²) in [4.78, 5) is 27.5. The van der Waals surface area contributed by atoms with Crippen LogP contribution < -0.4 is 9.47 Å². The lowest BCUT2D eigenvalue weighted by Crippen LogP contribution is -2.39. The molecule has 1 aliphatic heterocycles. The van der Waals surface area contributed by atoms with Crippen LogP contribution in [0.2, 0.25) is 0 Å². The molecule has 8 heteroatoms. The van der Waals surface area contributed by atoms with Crippen molar-refractivity contribution in [2.75, 3.05) is 27.8 Å². The molecule has 0 fully saturated rings. The van der Waals surface area contributed by atoms with Crippen LogP contribution in [0.25, 0.3) is 0 Å². The van der Waals surface area contributed by atoms with Gasteiger partial charge in [-0.1, -0.05) is 30.3 Å². The number of amides is 2. The fourth-order valence-electron chi connectivity index (χ4n) is 3.99. The number of carbonyl (C=O) groups excluding carboxylic acids is 2. The number of nitrogens with zero attached hydrogens (tertiary/aromatic N) is 3. The fraction of sp³-hybridized carbons (Fsp3) is 0.222. The maximum Gasteiger partial charge on any atom is 0.262 e. The van der Waals surface area contributed by atoms with E-state index in [4.69, 9.17) is 9.47 Å². The molecule has 1 atom stereocenters. The number of hydrazone groups is 1. The van der Waals surface area contributed by atoms with Gasteiger partial charge in [-0.2, -0.15) is 5.10 Å². The Labute approximate surface area is 203 Å². The highest BCUT2D eigenvalue weighted by Gasteiger charge is 2.34. The van der Waals surface area contributed by atoms with Gasteiger partial charge in [0.05, 0.1) is 26.0 Å². The van der Waals surface area contributed by atoms with Crippen molar-refractivity contribution in [3.05, 3.63) is 95.3 Å². The summed E-state index contributed by atoms with van der Waals surface area (Å²) in [5, 5.41) is 5.85. The van der Waals surface area contributed by atoms with Crippen LogP contribution in [0.5, 0.6) is 11.5 Å². The van der Waals surface area contributed by atoms with E-state index in [0.29, 0.717) is 34.8 Å². The molecule has 180 valence electrons. The van der Waals surface area contributed by atoms with E-state index in [1.807, 2.05) is 12.1 Å². The van der Waals surface area contributed by atoms with Crippen LogP contribution in [0.3, 0.4) is 0 Å². The minimum atomic E-state index is -0.437. The second-order valence-corrected chi connectivity index (χ2v) is 8.15. The van der Waals surface area contributed by atoms with E-state index in [1.165, 1.54) is 16.0 Å². The Kier molecular flexibility index (Phi) is 7.10. The topological polar surface area (TPSA) is 71.4 Å². The Balaban J connectivity index is 1.58. The molecule has 1 heterocycles. The third-order valence-electron chi connectivity index (χ3n) is 5.91. The molecule has 35 heavy (non-hydrogen) atoms. The van der Waals surface area contributed by atoms with Gasteiger partial charge in [0.25, 0.3) is 11.8 Å². The van der Waals surface area contributed by atoms with Crippen molar-refractivity contribution >= 4 is 17.5 Å². The fourth-order valence-corrected chi connectivity index (χ4v) is 3.99. The number of benzene rings is 3. The summed E-state index contributed by atoms with van der Waals surface area (Å²) in [5.41, 5.74) is 2.09. The molecule has 4 rings (SSSR count). The smallest absolute Gasteiger partial charge is 0.262 e. The van der Waals surface area contributed by atoms with Crippen molar-refractivity contribution in [1.82, 2.24) is 9.91 Å². The van der Waals surface area contributed by atoms with Crippen molar-refractivity contribution in [2.24, 2.45) is 5.10 Å². The van der Waals surface area contributed by atoms with E-state index in [0.717, 1.165) is 5.56 Å². The quantitative estimate of drug-likeness (QED) is 0.511. The van der Waals surface area contributed by atoms with Crippen molar-refractivity contribution in [2.45, 2.75) is 12.5 Å². The van der Waals surface area contributed by atoms with Gasteiger partial charge in [-0.05, 0) is 48.0 Å². The zero-order valence-corrected chi connectivity index (χ0v) is 19.8. The molecule has 3 aromatic rings. The number of ether oxygens (including phenoxy) is 2. The van der Waals surface area contributed by atoms with E-state index in [1.54, 1.807) is 75.9 Å². The standard InChI is InChI=1S/C27H26FN3O4/c1-30(27(33)19-10-14-21(35-3)15-11-19)17-26(32)31-25(18-8-12-20(34-2)13-9-18)16-24(29-31)22-6-4-5-7-23(22)28/h4-15,25H,16-17H2,1-3H3. The molecule has 0 N–H and O–H groups in total. The van der Waals surface area contributed by atoms with Crippen LogP contribution in [-0.2, 0) is 4.79 Å². The maximum absolute atomic E-state index is 14.5. The van der Waals surface area contributed by atoms with Crippen molar-refractivity contribution in [3.8, 4) is 11.5 Å². The van der Waals surface area contributed by atoms with E-state index >= 15 is 0 Å². The predicted molar refractivity (Wildman–Crippen MR) is 130 cm³/mol. The third kappa shape index (κ3) is 5.16. The van der Waals surface area contributed by atoms with Crippen molar-refractivity contribution in [3.63, 3.8) is 0 Å². The molecule has 3 aromatic carbocycles. The predicted octanol–water partition coefficient (Wildman–Crippen LogP) is 4.29. The Morgan fingerprint density at radius 2 is 1.57 bits per heavy atom. The highest BCUT2D eigenvalue weighted by molar-refractivity contribution is 6.04. The van der Waals surface area contributed by atoms with Gasteiger partial charge in [-0.3, -0.25) is 9.59 Å². The Hall–Kier alpha value is -4.20. The van der Waals surface area contributed by atoms with Crippen LogP contribution in [0.15, 0.2) is 77.9 Å². The summed E-state index contributed by atoms with van der Waals surface area (Å²) in [5.74, 6) is 0.237. The largest absolute Gasteiger partial charge is 0.497 e. The SMILES string of the molecule is COc1ccc(C(=O)N(C)CC(=O)N2N=C(c3ccccc3F)CC2c2ccc(OC)cc2)cc1. The first-order valence-corrected chi connectivity index (χ1v) is 11.1. The third-order valence-corrected chi connectivity index (χ3v) is 5.91. The molecule has 0 saturated carbocycles. The normalized spacial score (nSPS) is 14.9. The molecule has 1 unspecified atom stereocenters. The molecule has 0 aliphatic carbocycles. The lowest BCUT2D eigenvalue weighted by atomic mass is 9.98. The average molecular weight is 476 g/mol. The highest BCUT2D eigenvalue weighted by atomic mass is 19.1. The minimum absolute atomic E-state index is 0.189. The summed E-state index contributed by atoms with van der Waals surface area (Å²) < 4.78 is 24.9. The van der Waals surface area contributed by atoms with Gasteiger partial charge in [0.15, 0.2) is 0 Å². The van der Waals surface area contributed by atoms with Gasteiger partial charge in [-0.15, -0.1) is 0 Å². The summed E-state index contributed by atoms with van der Waals surface area (Å²) in [6, 6.07) is 19.9. The molecule has 0 bridgehead atoms. The number of likely N-dealkylation sites (N-methyl/N-ethyl adjacent to an activating group) is 1.